The van der Waals surface area contributed by atoms with Crippen LogP contribution in [0.1, 0.15) is 45.8 Å². The second-order valence-electron chi connectivity index (χ2n) is 5.10. The fourth-order valence-corrected chi connectivity index (χ4v) is 1.73. The molecule has 0 aliphatic rings. The van der Waals surface area contributed by atoms with Gasteiger partial charge in [-0.2, -0.15) is 0 Å². The average molecular weight is 239 g/mol. The van der Waals surface area contributed by atoms with Gasteiger partial charge in [0.05, 0.1) is 6.10 Å². The molecule has 1 aromatic carbocycles. The largest absolute Gasteiger partial charge is 0.389 e. The van der Waals surface area contributed by atoms with Crippen LogP contribution in [0.5, 0.6) is 0 Å². The maximum absolute atomic E-state index is 13.2. The molecule has 0 saturated heterocycles. The van der Waals surface area contributed by atoms with Gasteiger partial charge in [-0.25, -0.2) is 4.39 Å². The highest BCUT2D eigenvalue weighted by atomic mass is 19.1. The number of rotatable bonds is 4. The van der Waals surface area contributed by atoms with Gasteiger partial charge in [0, 0.05) is 23.8 Å². The van der Waals surface area contributed by atoms with Gasteiger partial charge in [0.15, 0.2) is 0 Å². The number of anilines is 1. The van der Waals surface area contributed by atoms with E-state index in [-0.39, 0.29) is 11.4 Å². The zero-order chi connectivity index (χ0) is 13.2. The van der Waals surface area contributed by atoms with Crippen LogP contribution in [0.4, 0.5) is 10.1 Å². The third kappa shape index (κ3) is 2.97. The van der Waals surface area contributed by atoms with Gasteiger partial charge in [-0.15, -0.1) is 0 Å². The first-order valence-electron chi connectivity index (χ1n) is 6.01. The minimum absolute atomic E-state index is 0.0263. The Kier molecular flexibility index (Phi) is 4.15. The van der Waals surface area contributed by atoms with E-state index in [9.17, 15) is 9.50 Å². The Morgan fingerprint density at radius 2 is 2.00 bits per heavy atom. The quantitative estimate of drug-likeness (QED) is 0.869. The minimum Gasteiger partial charge on any atom is -0.389 e. The van der Waals surface area contributed by atoms with E-state index >= 15 is 0 Å². The van der Waals surface area contributed by atoms with E-state index in [1.54, 1.807) is 13.0 Å². The summed E-state index contributed by atoms with van der Waals surface area (Å²) in [6.45, 7) is 8.03. The Bertz CT molecular complexity index is 388. The monoisotopic (exact) mass is 239 g/mol. The molecule has 0 aliphatic carbocycles. The van der Waals surface area contributed by atoms with Crippen molar-refractivity contribution >= 4 is 5.69 Å². The molecule has 0 aromatic heterocycles. The maximum Gasteiger partial charge on any atom is 0.123 e. The number of nitrogens with zero attached hydrogens (tertiary/aromatic N) is 1. The summed E-state index contributed by atoms with van der Waals surface area (Å²) in [4.78, 5) is 2.09. The molecule has 1 aromatic rings. The zero-order valence-electron chi connectivity index (χ0n) is 11.3. The van der Waals surface area contributed by atoms with Gasteiger partial charge in [-0.05, 0) is 45.4 Å². The van der Waals surface area contributed by atoms with Crippen molar-refractivity contribution in [2.24, 2.45) is 0 Å². The van der Waals surface area contributed by atoms with Crippen molar-refractivity contribution in [1.82, 2.24) is 0 Å². The molecule has 3 heteroatoms. The van der Waals surface area contributed by atoms with Gasteiger partial charge in [0.1, 0.15) is 5.82 Å². The molecule has 1 rings (SSSR count). The second-order valence-corrected chi connectivity index (χ2v) is 5.10. The molecule has 1 atom stereocenters. The number of hydrogen-bond donors (Lipinski definition) is 1. The molecule has 0 spiro atoms. The molecule has 1 unspecified atom stereocenters. The zero-order valence-corrected chi connectivity index (χ0v) is 11.3. The standard InChI is InChI=1S/C14H22FNO/c1-6-14(3,4)16(5)13-8-7-11(15)9-12(13)10(2)17/h7-10,17H,6H2,1-5H3. The fourth-order valence-electron chi connectivity index (χ4n) is 1.73. The van der Waals surface area contributed by atoms with Crippen LogP contribution < -0.4 is 4.90 Å². The molecule has 17 heavy (non-hydrogen) atoms. The number of aliphatic hydroxyl groups excluding tert-OH is 1. The summed E-state index contributed by atoms with van der Waals surface area (Å²) in [5.41, 5.74) is 1.49. The molecular formula is C14H22FNO. The fraction of sp³-hybridized carbons (Fsp3) is 0.571. The summed E-state index contributed by atoms with van der Waals surface area (Å²) in [6, 6.07) is 4.57. The van der Waals surface area contributed by atoms with E-state index in [2.05, 4.69) is 25.7 Å². The van der Waals surface area contributed by atoms with Gasteiger partial charge in [-0.3, -0.25) is 0 Å². The first kappa shape index (κ1) is 14.0. The summed E-state index contributed by atoms with van der Waals surface area (Å²) < 4.78 is 13.2. The minimum atomic E-state index is -0.671. The Morgan fingerprint density at radius 3 is 2.47 bits per heavy atom. The molecule has 0 heterocycles. The maximum atomic E-state index is 13.2. The number of hydrogen-bond acceptors (Lipinski definition) is 2. The number of aliphatic hydroxyl groups is 1. The summed E-state index contributed by atoms with van der Waals surface area (Å²) in [5.74, 6) is -0.313. The highest BCUT2D eigenvalue weighted by molar-refractivity contribution is 5.55. The molecule has 0 saturated carbocycles. The van der Waals surface area contributed by atoms with Crippen LogP contribution in [-0.4, -0.2) is 17.7 Å². The highest BCUT2D eigenvalue weighted by Crippen LogP contribution is 2.31. The predicted molar refractivity (Wildman–Crippen MR) is 69.8 cm³/mol. The van der Waals surface area contributed by atoms with E-state index in [1.807, 2.05) is 7.05 Å². The summed E-state index contributed by atoms with van der Waals surface area (Å²) >= 11 is 0. The second kappa shape index (κ2) is 5.05. The Morgan fingerprint density at radius 1 is 1.41 bits per heavy atom. The first-order chi connectivity index (χ1) is 7.79. The summed E-state index contributed by atoms with van der Waals surface area (Å²) in [6.07, 6.45) is 0.302. The van der Waals surface area contributed by atoms with Gasteiger partial charge in [-0.1, -0.05) is 6.92 Å². The normalized spacial score (nSPS) is 13.6. The van der Waals surface area contributed by atoms with E-state index in [0.717, 1.165) is 12.1 Å². The highest BCUT2D eigenvalue weighted by Gasteiger charge is 2.24. The van der Waals surface area contributed by atoms with Crippen molar-refractivity contribution in [3.05, 3.63) is 29.6 Å². The van der Waals surface area contributed by atoms with Crippen LogP contribution in [0.25, 0.3) is 0 Å². The molecule has 0 amide bonds. The van der Waals surface area contributed by atoms with Crippen LogP contribution in [0.15, 0.2) is 18.2 Å². The van der Waals surface area contributed by atoms with Crippen molar-refractivity contribution in [3.63, 3.8) is 0 Å². The number of benzene rings is 1. The molecule has 0 aliphatic heterocycles. The van der Waals surface area contributed by atoms with Crippen molar-refractivity contribution in [2.45, 2.75) is 45.8 Å². The Labute approximate surface area is 103 Å². The molecule has 0 fully saturated rings. The number of halogens is 1. The van der Waals surface area contributed by atoms with Crippen LogP contribution in [-0.2, 0) is 0 Å². The van der Waals surface area contributed by atoms with E-state index < -0.39 is 6.10 Å². The topological polar surface area (TPSA) is 23.5 Å². The van der Waals surface area contributed by atoms with Crippen LogP contribution in [0.2, 0.25) is 0 Å². The molecule has 1 N–H and O–H groups in total. The first-order valence-corrected chi connectivity index (χ1v) is 6.01. The van der Waals surface area contributed by atoms with Crippen molar-refractivity contribution in [1.29, 1.82) is 0 Å². The van der Waals surface area contributed by atoms with Gasteiger partial charge in [0.2, 0.25) is 0 Å². The van der Waals surface area contributed by atoms with Crippen LogP contribution in [0, 0.1) is 5.82 Å². The predicted octanol–water partition coefficient (Wildman–Crippen LogP) is 3.50. The van der Waals surface area contributed by atoms with E-state index in [4.69, 9.17) is 0 Å². The van der Waals surface area contributed by atoms with Crippen LogP contribution >= 0.6 is 0 Å². The van der Waals surface area contributed by atoms with Crippen molar-refractivity contribution in [3.8, 4) is 0 Å². The summed E-state index contributed by atoms with van der Waals surface area (Å²) in [7, 11) is 1.97. The molecule has 96 valence electrons. The lowest BCUT2D eigenvalue weighted by molar-refractivity contribution is 0.199. The smallest absolute Gasteiger partial charge is 0.123 e. The molecule has 2 nitrogen and oxygen atoms in total. The molecule has 0 radical (unpaired) electrons. The Hall–Kier alpha value is -1.09. The lowest BCUT2D eigenvalue weighted by Crippen LogP contribution is -2.41. The Balaban J connectivity index is 3.22. The molecule has 0 bridgehead atoms. The third-order valence-corrected chi connectivity index (χ3v) is 3.57. The third-order valence-electron chi connectivity index (χ3n) is 3.57. The van der Waals surface area contributed by atoms with Gasteiger partial charge < -0.3 is 10.0 Å². The van der Waals surface area contributed by atoms with Crippen molar-refractivity contribution < 1.29 is 9.50 Å². The SMILES string of the molecule is CCC(C)(C)N(C)c1ccc(F)cc1C(C)O. The lowest BCUT2D eigenvalue weighted by Gasteiger charge is -2.38. The van der Waals surface area contributed by atoms with Crippen molar-refractivity contribution in [2.75, 3.05) is 11.9 Å². The lowest BCUT2D eigenvalue weighted by atomic mass is 9.97. The molecular weight excluding hydrogens is 217 g/mol. The van der Waals surface area contributed by atoms with E-state index in [1.165, 1.54) is 12.1 Å². The van der Waals surface area contributed by atoms with Gasteiger partial charge in [0.25, 0.3) is 0 Å². The van der Waals surface area contributed by atoms with Crippen LogP contribution in [0.3, 0.4) is 0 Å². The van der Waals surface area contributed by atoms with E-state index in [0.29, 0.717) is 5.56 Å². The average Bonchev–Trinajstić information content (AvgIpc) is 2.28. The van der Waals surface area contributed by atoms with Gasteiger partial charge >= 0.3 is 0 Å². The summed E-state index contributed by atoms with van der Waals surface area (Å²) in [5, 5.41) is 9.72.